The number of carbonyl (C=O) groups is 1. The molecule has 1 aliphatic carbocycles. The molecule has 4 aromatic rings. The molecular weight excluding hydrogens is 505 g/mol. The van der Waals surface area contributed by atoms with Crippen LogP contribution in [0.15, 0.2) is 64.5 Å². The smallest absolute Gasteiger partial charge is 0.343 e. The molecule has 3 aromatic heterocycles. The molecule has 0 bridgehead atoms. The molecule has 5 heterocycles. The lowest BCUT2D eigenvalue weighted by Crippen LogP contribution is -2.57. The van der Waals surface area contributed by atoms with E-state index in [9.17, 15) is 9.59 Å². The maximum absolute atomic E-state index is 15.5. The molecule has 39 heavy (non-hydrogen) atoms. The number of aromatic nitrogens is 5. The Morgan fingerprint density at radius 3 is 2.90 bits per heavy atom. The zero-order chi connectivity index (χ0) is 26.7. The van der Waals surface area contributed by atoms with Crippen LogP contribution in [0.1, 0.15) is 36.1 Å². The zero-order valence-electron chi connectivity index (χ0n) is 21.0. The number of pyridine rings is 1. The van der Waals surface area contributed by atoms with Crippen LogP contribution < -0.4 is 5.63 Å². The Balaban J connectivity index is 1.09. The number of tetrazole rings is 1. The first-order valence-corrected chi connectivity index (χ1v) is 12.7. The number of benzene rings is 1. The minimum atomic E-state index is -0.936. The molecule has 1 saturated heterocycles. The average molecular weight is 530 g/mol. The normalized spacial score (nSPS) is 24.2. The fourth-order valence-electron chi connectivity index (χ4n) is 5.89. The Hall–Kier alpha value is -4.45. The van der Waals surface area contributed by atoms with E-state index in [0.717, 1.165) is 11.3 Å². The number of rotatable bonds is 3. The van der Waals surface area contributed by atoms with Crippen molar-refractivity contribution < 1.29 is 18.3 Å². The molecule has 198 valence electrons. The summed E-state index contributed by atoms with van der Waals surface area (Å²) < 4.78 is 28.1. The Morgan fingerprint density at radius 1 is 1.15 bits per heavy atom. The van der Waals surface area contributed by atoms with E-state index in [0.29, 0.717) is 43.9 Å². The lowest BCUT2D eigenvalue weighted by molar-refractivity contribution is -0.140. The summed E-state index contributed by atoms with van der Waals surface area (Å²) >= 11 is 0. The van der Waals surface area contributed by atoms with Gasteiger partial charge < -0.3 is 19.0 Å². The van der Waals surface area contributed by atoms with E-state index >= 15 is 4.39 Å². The molecule has 3 aliphatic rings. The van der Waals surface area contributed by atoms with E-state index < -0.39 is 17.0 Å². The minimum absolute atomic E-state index is 0.0226. The van der Waals surface area contributed by atoms with E-state index in [-0.39, 0.29) is 28.6 Å². The molecule has 1 unspecified atom stereocenters. The summed E-state index contributed by atoms with van der Waals surface area (Å²) in [6.07, 6.45) is 7.76. The fraction of sp³-hybridized carbons (Fsp3) is 0.333. The van der Waals surface area contributed by atoms with Crippen LogP contribution in [-0.2, 0) is 21.6 Å². The van der Waals surface area contributed by atoms with Crippen molar-refractivity contribution in [3.63, 3.8) is 0 Å². The average Bonchev–Trinajstić information content (AvgIpc) is 3.63. The lowest BCUT2D eigenvalue weighted by Gasteiger charge is -2.48. The highest BCUT2D eigenvalue weighted by atomic mass is 19.1. The van der Waals surface area contributed by atoms with Crippen molar-refractivity contribution in [2.24, 2.45) is 0 Å². The van der Waals surface area contributed by atoms with E-state index in [4.69, 9.17) is 9.15 Å². The number of aryl methyl sites for hydroxylation is 1. The van der Waals surface area contributed by atoms with Gasteiger partial charge in [-0.2, -0.15) is 4.68 Å². The summed E-state index contributed by atoms with van der Waals surface area (Å²) in [7, 11) is 0. The monoisotopic (exact) mass is 529 g/mol. The van der Waals surface area contributed by atoms with Crippen molar-refractivity contribution in [1.82, 2.24) is 35.0 Å². The first kappa shape index (κ1) is 23.7. The topological polar surface area (TPSA) is 119 Å². The summed E-state index contributed by atoms with van der Waals surface area (Å²) in [5.41, 5.74) is 0.679. The SMILES string of the molecule is C[C@@]1(c2ccc3c(=O)occc3c2F)CN2C=CN(C(=O)C3CCc4nc(-n5cnnn5)ccc43)C[C@H]2CO1. The van der Waals surface area contributed by atoms with Gasteiger partial charge in [-0.15, -0.1) is 5.10 Å². The second kappa shape index (κ2) is 8.80. The van der Waals surface area contributed by atoms with Crippen LogP contribution in [0, 0.1) is 5.82 Å². The van der Waals surface area contributed by atoms with Crippen molar-refractivity contribution in [2.75, 3.05) is 19.7 Å². The highest BCUT2D eigenvalue weighted by Gasteiger charge is 2.42. The summed E-state index contributed by atoms with van der Waals surface area (Å²) in [5.74, 6) is -0.120. The third kappa shape index (κ3) is 3.82. The van der Waals surface area contributed by atoms with E-state index in [1.807, 2.05) is 25.3 Å². The molecule has 7 rings (SSSR count). The van der Waals surface area contributed by atoms with Crippen molar-refractivity contribution in [3.05, 3.63) is 88.4 Å². The predicted molar refractivity (Wildman–Crippen MR) is 135 cm³/mol. The molecule has 0 radical (unpaired) electrons. The number of ether oxygens (including phenoxy) is 1. The van der Waals surface area contributed by atoms with E-state index in [2.05, 4.69) is 25.4 Å². The summed E-state index contributed by atoms with van der Waals surface area (Å²) in [6.45, 7) is 3.03. The minimum Gasteiger partial charge on any atom is -0.431 e. The molecule has 1 amide bonds. The van der Waals surface area contributed by atoms with E-state index in [1.165, 1.54) is 23.3 Å². The fourth-order valence-corrected chi connectivity index (χ4v) is 5.89. The van der Waals surface area contributed by atoms with Gasteiger partial charge in [0.05, 0.1) is 36.8 Å². The Kier molecular flexibility index (Phi) is 5.34. The molecule has 1 fully saturated rings. The van der Waals surface area contributed by atoms with Crippen LogP contribution in [0.3, 0.4) is 0 Å². The van der Waals surface area contributed by atoms with Crippen molar-refractivity contribution in [1.29, 1.82) is 0 Å². The molecule has 11 nitrogen and oxygen atoms in total. The van der Waals surface area contributed by atoms with Crippen LogP contribution >= 0.6 is 0 Å². The number of halogens is 1. The standard InChI is InChI=1S/C27H24FN7O4/c1-27(21-5-2-20-18(24(21)28)8-11-38-26(20)37)14-34-10-9-33(12-16(34)13-39-27)25(36)19-3-6-22-17(19)4-7-23(30-22)35-15-29-31-32-35/h2,4-5,7-11,15-16,19H,3,6,12-14H2,1H3/t16-,19?,27-/m0/s1. The first-order chi connectivity index (χ1) is 18.9. The van der Waals surface area contributed by atoms with Crippen molar-refractivity contribution >= 4 is 16.7 Å². The van der Waals surface area contributed by atoms with Gasteiger partial charge in [0.15, 0.2) is 5.82 Å². The molecular formula is C27H24FN7O4. The Morgan fingerprint density at radius 2 is 2.05 bits per heavy atom. The number of hydrogen-bond acceptors (Lipinski definition) is 9. The maximum Gasteiger partial charge on any atom is 0.343 e. The predicted octanol–water partition coefficient (Wildman–Crippen LogP) is 2.26. The van der Waals surface area contributed by atoms with Gasteiger partial charge in [0.1, 0.15) is 17.7 Å². The van der Waals surface area contributed by atoms with Crippen LogP contribution in [-0.4, -0.2) is 66.6 Å². The van der Waals surface area contributed by atoms with Gasteiger partial charge >= 0.3 is 5.63 Å². The van der Waals surface area contributed by atoms with Crippen LogP contribution in [0.5, 0.6) is 0 Å². The Bertz CT molecular complexity index is 1690. The van der Waals surface area contributed by atoms with Crippen molar-refractivity contribution in [3.8, 4) is 5.82 Å². The van der Waals surface area contributed by atoms with Crippen molar-refractivity contribution in [2.45, 2.75) is 37.3 Å². The van der Waals surface area contributed by atoms with E-state index in [1.54, 1.807) is 23.2 Å². The number of morpholine rings is 1. The number of nitrogens with zero attached hydrogens (tertiary/aromatic N) is 7. The van der Waals surface area contributed by atoms with Crippen LogP contribution in [0.25, 0.3) is 16.6 Å². The number of hydrogen-bond donors (Lipinski definition) is 0. The van der Waals surface area contributed by atoms with Crippen LogP contribution in [0.2, 0.25) is 0 Å². The third-order valence-electron chi connectivity index (χ3n) is 7.98. The van der Waals surface area contributed by atoms with Gasteiger partial charge in [0, 0.05) is 35.6 Å². The van der Waals surface area contributed by atoms with Gasteiger partial charge in [-0.25, -0.2) is 14.2 Å². The third-order valence-corrected chi connectivity index (χ3v) is 7.98. The second-order valence-electron chi connectivity index (χ2n) is 10.3. The molecule has 2 aliphatic heterocycles. The van der Waals surface area contributed by atoms with Gasteiger partial charge in [-0.1, -0.05) is 12.1 Å². The lowest BCUT2D eigenvalue weighted by atomic mass is 9.90. The largest absolute Gasteiger partial charge is 0.431 e. The molecule has 0 N–H and O–H groups in total. The quantitative estimate of drug-likeness (QED) is 0.394. The maximum atomic E-state index is 15.5. The molecule has 1 aromatic carbocycles. The van der Waals surface area contributed by atoms with Gasteiger partial charge in [-0.3, -0.25) is 4.79 Å². The number of fused-ring (bicyclic) bond motifs is 3. The summed E-state index contributed by atoms with van der Waals surface area (Å²) in [4.78, 5) is 34.0. The highest BCUT2D eigenvalue weighted by Crippen LogP contribution is 2.38. The number of carbonyl (C=O) groups excluding carboxylic acids is 1. The van der Waals surface area contributed by atoms with Gasteiger partial charge in [0.2, 0.25) is 5.91 Å². The van der Waals surface area contributed by atoms with Gasteiger partial charge in [0.25, 0.3) is 0 Å². The number of amides is 1. The molecule has 3 atom stereocenters. The Labute approximate surface area is 221 Å². The second-order valence-corrected chi connectivity index (χ2v) is 10.3. The first-order valence-electron chi connectivity index (χ1n) is 12.7. The van der Waals surface area contributed by atoms with Crippen LogP contribution in [0.4, 0.5) is 4.39 Å². The molecule has 0 saturated carbocycles. The molecule has 12 heteroatoms. The molecule has 0 spiro atoms. The zero-order valence-corrected chi connectivity index (χ0v) is 21.0. The van der Waals surface area contributed by atoms with Gasteiger partial charge in [-0.05, 0) is 54.0 Å². The highest BCUT2D eigenvalue weighted by molar-refractivity contribution is 5.86. The summed E-state index contributed by atoms with van der Waals surface area (Å²) in [5, 5.41) is 11.6. The summed E-state index contributed by atoms with van der Waals surface area (Å²) in [6, 6.07) is 8.32.